The highest BCUT2D eigenvalue weighted by molar-refractivity contribution is 6.30. The summed E-state index contributed by atoms with van der Waals surface area (Å²) in [6.45, 7) is 3.56. The van der Waals surface area contributed by atoms with E-state index in [0.717, 1.165) is 10.6 Å². The third-order valence-electron chi connectivity index (χ3n) is 4.45. The lowest BCUT2D eigenvalue weighted by molar-refractivity contribution is -0.129. The van der Waals surface area contributed by atoms with Crippen LogP contribution in [-0.4, -0.2) is 45.4 Å². The number of likely N-dealkylation sites (N-methyl/N-ethyl adjacent to an activating group) is 1. The van der Waals surface area contributed by atoms with Crippen LogP contribution in [0.5, 0.6) is 0 Å². The number of benzene rings is 1. The predicted octanol–water partition coefficient (Wildman–Crippen LogP) is 1.88. The van der Waals surface area contributed by atoms with Crippen molar-refractivity contribution in [3.05, 3.63) is 58.4 Å². The van der Waals surface area contributed by atoms with Crippen LogP contribution in [0.3, 0.4) is 0 Å². The Bertz CT molecular complexity index is 1030. The number of carbonyl (C=O) groups excluding carboxylic acids is 3. The van der Waals surface area contributed by atoms with Crippen LogP contribution in [0.15, 0.2) is 35.9 Å². The molecule has 1 aliphatic heterocycles. The van der Waals surface area contributed by atoms with Crippen LogP contribution in [0.4, 0.5) is 4.79 Å². The Balaban J connectivity index is 2.13. The first kappa shape index (κ1) is 18.1. The van der Waals surface area contributed by atoms with Gasteiger partial charge in [-0.25, -0.2) is 9.59 Å². The average Bonchev–Trinajstić information content (AvgIpc) is 2.90. The maximum absolute atomic E-state index is 12.3. The fourth-order valence-corrected chi connectivity index (χ4v) is 3.06. The molecule has 1 aromatic carbocycles. The van der Waals surface area contributed by atoms with Crippen molar-refractivity contribution in [2.45, 2.75) is 13.8 Å². The number of barbiturate groups is 1. The van der Waals surface area contributed by atoms with E-state index in [1.54, 1.807) is 42.7 Å². The fourth-order valence-electron chi connectivity index (χ4n) is 3.06. The predicted molar refractivity (Wildman–Crippen MR) is 96.5 cm³/mol. The van der Waals surface area contributed by atoms with Gasteiger partial charge in [0.1, 0.15) is 5.57 Å². The first-order valence-corrected chi connectivity index (χ1v) is 8.09. The van der Waals surface area contributed by atoms with E-state index in [1.165, 1.54) is 19.2 Å². The Morgan fingerprint density at radius 2 is 1.81 bits per heavy atom. The highest BCUT2D eigenvalue weighted by Gasteiger charge is 2.33. The molecule has 1 aromatic heterocycles. The first-order chi connectivity index (χ1) is 12.7. The van der Waals surface area contributed by atoms with E-state index in [4.69, 9.17) is 0 Å². The zero-order valence-corrected chi connectivity index (χ0v) is 14.9. The molecule has 2 heterocycles. The molecule has 0 radical (unpaired) electrons. The molecule has 0 saturated carbocycles. The highest BCUT2D eigenvalue weighted by Crippen LogP contribution is 2.26. The van der Waals surface area contributed by atoms with E-state index in [-0.39, 0.29) is 11.1 Å². The monoisotopic (exact) mass is 367 g/mol. The minimum absolute atomic E-state index is 0.135. The SMILES string of the molecule is Cc1cc(/C=C2/C(=O)NC(=O)N(C)C2=O)c(C)n1-c1ccccc1C(=O)O. The topological polar surface area (TPSA) is 109 Å². The van der Waals surface area contributed by atoms with Crippen LogP contribution in [0.2, 0.25) is 0 Å². The van der Waals surface area contributed by atoms with Crippen molar-refractivity contribution < 1.29 is 24.3 Å². The molecule has 1 saturated heterocycles. The largest absolute Gasteiger partial charge is 0.478 e. The average molecular weight is 367 g/mol. The number of aryl methyl sites for hydroxylation is 1. The Kier molecular flexibility index (Phi) is 4.40. The third-order valence-corrected chi connectivity index (χ3v) is 4.45. The van der Waals surface area contributed by atoms with E-state index >= 15 is 0 Å². The zero-order chi connectivity index (χ0) is 19.9. The van der Waals surface area contributed by atoms with Gasteiger partial charge in [-0.3, -0.25) is 19.8 Å². The number of hydrogen-bond donors (Lipinski definition) is 2. The van der Waals surface area contributed by atoms with Gasteiger partial charge in [-0.1, -0.05) is 12.1 Å². The number of carbonyl (C=O) groups is 4. The standard InChI is InChI=1S/C19H17N3O5/c1-10-8-12(9-14-16(23)20-19(27)21(3)17(14)24)11(2)22(10)15-7-5-4-6-13(15)18(25)26/h4-9H,1-3H3,(H,25,26)(H,20,23,27)/b14-9-. The van der Waals surface area contributed by atoms with Gasteiger partial charge in [-0.15, -0.1) is 0 Å². The lowest BCUT2D eigenvalue weighted by atomic mass is 10.1. The number of rotatable bonds is 3. The Labute approximate surface area is 154 Å². The summed E-state index contributed by atoms with van der Waals surface area (Å²) >= 11 is 0. The number of nitrogens with one attached hydrogen (secondary N) is 1. The van der Waals surface area contributed by atoms with Crippen LogP contribution < -0.4 is 5.32 Å². The number of imide groups is 2. The second kappa shape index (κ2) is 6.56. The van der Waals surface area contributed by atoms with Gasteiger partial charge in [0.15, 0.2) is 0 Å². The normalized spacial score (nSPS) is 16.0. The van der Waals surface area contributed by atoms with Crippen molar-refractivity contribution in [3.8, 4) is 5.69 Å². The molecular weight excluding hydrogens is 350 g/mol. The van der Waals surface area contributed by atoms with Crippen LogP contribution in [0.1, 0.15) is 27.3 Å². The quantitative estimate of drug-likeness (QED) is 0.636. The van der Waals surface area contributed by atoms with Gasteiger partial charge in [0.05, 0.1) is 11.3 Å². The Morgan fingerprint density at radius 1 is 1.15 bits per heavy atom. The number of carboxylic acid groups (broad SMARTS) is 1. The van der Waals surface area contributed by atoms with Gasteiger partial charge in [0.2, 0.25) is 0 Å². The molecule has 0 aliphatic carbocycles. The molecule has 1 aliphatic rings. The number of carboxylic acids is 1. The maximum atomic E-state index is 12.3. The number of para-hydroxylation sites is 1. The molecule has 2 N–H and O–H groups in total. The molecule has 1 fully saturated rings. The van der Waals surface area contributed by atoms with E-state index < -0.39 is 23.8 Å². The van der Waals surface area contributed by atoms with Crippen LogP contribution in [0, 0.1) is 13.8 Å². The van der Waals surface area contributed by atoms with Crippen molar-refractivity contribution in [2.75, 3.05) is 7.05 Å². The molecule has 2 aromatic rings. The molecule has 0 atom stereocenters. The second-order valence-corrected chi connectivity index (χ2v) is 6.17. The molecule has 0 bridgehead atoms. The third kappa shape index (κ3) is 3.01. The second-order valence-electron chi connectivity index (χ2n) is 6.17. The summed E-state index contributed by atoms with van der Waals surface area (Å²) in [5, 5.41) is 11.5. The minimum Gasteiger partial charge on any atom is -0.478 e. The van der Waals surface area contributed by atoms with Crippen LogP contribution >= 0.6 is 0 Å². The highest BCUT2D eigenvalue weighted by atomic mass is 16.4. The number of amides is 4. The minimum atomic E-state index is -1.06. The number of urea groups is 1. The molecule has 27 heavy (non-hydrogen) atoms. The molecule has 8 nitrogen and oxygen atoms in total. The number of nitrogens with zero attached hydrogens (tertiary/aromatic N) is 2. The van der Waals surface area contributed by atoms with Crippen molar-refractivity contribution in [1.82, 2.24) is 14.8 Å². The van der Waals surface area contributed by atoms with Crippen molar-refractivity contribution >= 4 is 29.9 Å². The molecule has 0 unspecified atom stereocenters. The molecule has 0 spiro atoms. The molecule has 4 amide bonds. The summed E-state index contributed by atoms with van der Waals surface area (Å²) in [7, 11) is 1.28. The summed E-state index contributed by atoms with van der Waals surface area (Å²) in [6, 6.07) is 7.54. The molecule has 138 valence electrons. The summed E-state index contributed by atoms with van der Waals surface area (Å²) in [6.07, 6.45) is 1.41. The first-order valence-electron chi connectivity index (χ1n) is 8.09. The van der Waals surface area contributed by atoms with Gasteiger partial charge in [0, 0.05) is 18.4 Å². The number of aromatic nitrogens is 1. The van der Waals surface area contributed by atoms with E-state index in [1.807, 2.05) is 0 Å². The van der Waals surface area contributed by atoms with Gasteiger partial charge >= 0.3 is 12.0 Å². The summed E-state index contributed by atoms with van der Waals surface area (Å²) in [5.74, 6) is -2.52. The van der Waals surface area contributed by atoms with Crippen molar-refractivity contribution in [2.24, 2.45) is 0 Å². The fraction of sp³-hybridized carbons (Fsp3) is 0.158. The van der Waals surface area contributed by atoms with Crippen LogP contribution in [-0.2, 0) is 9.59 Å². The molecular formula is C19H17N3O5. The maximum Gasteiger partial charge on any atom is 0.337 e. The molecule has 3 rings (SSSR count). The Hall–Kier alpha value is -3.68. The van der Waals surface area contributed by atoms with Crippen molar-refractivity contribution in [1.29, 1.82) is 0 Å². The van der Waals surface area contributed by atoms with E-state index in [0.29, 0.717) is 16.9 Å². The van der Waals surface area contributed by atoms with Gasteiger partial charge in [-0.05, 0) is 43.7 Å². The van der Waals surface area contributed by atoms with E-state index in [9.17, 15) is 24.3 Å². The summed E-state index contributed by atoms with van der Waals surface area (Å²) in [4.78, 5) is 48.2. The lowest BCUT2D eigenvalue weighted by Gasteiger charge is -2.22. The van der Waals surface area contributed by atoms with Gasteiger partial charge in [-0.2, -0.15) is 0 Å². The number of hydrogen-bond acceptors (Lipinski definition) is 4. The zero-order valence-electron chi connectivity index (χ0n) is 14.9. The van der Waals surface area contributed by atoms with Gasteiger partial charge < -0.3 is 9.67 Å². The summed E-state index contributed by atoms with van der Waals surface area (Å²) in [5.41, 5.74) is 2.43. The Morgan fingerprint density at radius 3 is 2.48 bits per heavy atom. The smallest absolute Gasteiger partial charge is 0.337 e. The summed E-state index contributed by atoms with van der Waals surface area (Å²) < 4.78 is 1.75. The van der Waals surface area contributed by atoms with Crippen LogP contribution in [0.25, 0.3) is 11.8 Å². The van der Waals surface area contributed by atoms with Gasteiger partial charge in [0.25, 0.3) is 11.8 Å². The molecule has 8 heteroatoms. The number of aromatic carboxylic acids is 1. The van der Waals surface area contributed by atoms with E-state index in [2.05, 4.69) is 5.32 Å². The van der Waals surface area contributed by atoms with Crippen molar-refractivity contribution in [3.63, 3.8) is 0 Å². The lowest BCUT2D eigenvalue weighted by Crippen LogP contribution is -2.52.